The van der Waals surface area contributed by atoms with Gasteiger partial charge in [0, 0.05) is 7.11 Å². The van der Waals surface area contributed by atoms with E-state index in [1.54, 1.807) is 7.11 Å². The highest BCUT2D eigenvalue weighted by molar-refractivity contribution is 5.93. The zero-order valence-electron chi connectivity index (χ0n) is 10.0. The minimum Gasteiger partial charge on any atom is -0.469 e. The van der Waals surface area contributed by atoms with E-state index in [9.17, 15) is 9.59 Å². The van der Waals surface area contributed by atoms with Gasteiger partial charge in [-0.25, -0.2) is 0 Å². The molecule has 6 heteroatoms. The Morgan fingerprint density at radius 2 is 1.75 bits per heavy atom. The third-order valence-corrected chi connectivity index (χ3v) is 1.29. The molecule has 6 nitrogen and oxygen atoms in total. The Hall–Kier alpha value is -0.980. The Labute approximate surface area is 95.5 Å². The van der Waals surface area contributed by atoms with Crippen molar-refractivity contribution < 1.29 is 28.9 Å². The number of aliphatic hydroxyl groups is 1. The van der Waals surface area contributed by atoms with Crippen molar-refractivity contribution in [3.63, 3.8) is 0 Å². The van der Waals surface area contributed by atoms with Crippen molar-refractivity contribution in [2.45, 2.75) is 13.3 Å². The fourth-order valence-corrected chi connectivity index (χ4v) is 0.584. The Morgan fingerprint density at radius 3 is 2.06 bits per heavy atom. The smallest absolute Gasteiger partial charge is 0.313 e. The van der Waals surface area contributed by atoms with Crippen molar-refractivity contribution in [3.05, 3.63) is 0 Å². The highest BCUT2D eigenvalue weighted by Gasteiger charge is 2.01. The lowest BCUT2D eigenvalue weighted by Gasteiger charge is -1.98. The van der Waals surface area contributed by atoms with E-state index in [0.717, 1.165) is 0 Å². The third kappa shape index (κ3) is 18.7. The second-order valence-corrected chi connectivity index (χ2v) is 2.78. The first-order chi connectivity index (χ1) is 7.58. The number of rotatable bonds is 7. The molecule has 0 aromatic rings. The summed E-state index contributed by atoms with van der Waals surface area (Å²) in [4.78, 5) is 20.3. The Morgan fingerprint density at radius 1 is 1.12 bits per heavy atom. The van der Waals surface area contributed by atoms with Crippen LogP contribution in [0.3, 0.4) is 0 Å². The number of hydrogen-bond acceptors (Lipinski definition) is 6. The van der Waals surface area contributed by atoms with E-state index in [1.165, 1.54) is 14.0 Å². The zero-order chi connectivity index (χ0) is 12.8. The summed E-state index contributed by atoms with van der Waals surface area (Å²) in [5, 5.41) is 8.20. The van der Waals surface area contributed by atoms with Crippen LogP contribution in [0.15, 0.2) is 0 Å². The van der Waals surface area contributed by atoms with E-state index in [0.29, 0.717) is 19.8 Å². The van der Waals surface area contributed by atoms with E-state index in [1.807, 2.05) is 0 Å². The minimum absolute atomic E-state index is 0.0870. The molecular formula is C10H20O6. The van der Waals surface area contributed by atoms with Crippen LogP contribution >= 0.6 is 0 Å². The monoisotopic (exact) mass is 236 g/mol. The number of carbonyl (C=O) groups excluding carboxylic acids is 2. The van der Waals surface area contributed by atoms with Crippen LogP contribution in [0.5, 0.6) is 0 Å². The van der Waals surface area contributed by atoms with E-state index >= 15 is 0 Å². The van der Waals surface area contributed by atoms with E-state index in [4.69, 9.17) is 9.84 Å². The topological polar surface area (TPSA) is 82.1 Å². The largest absolute Gasteiger partial charge is 0.469 e. The van der Waals surface area contributed by atoms with Crippen LogP contribution in [-0.2, 0) is 23.8 Å². The molecule has 0 spiro atoms. The molecule has 0 aliphatic heterocycles. The SMILES string of the molecule is COC(=O)CC(C)=O.COCCOCCO. The maximum absolute atomic E-state index is 10.2. The molecule has 16 heavy (non-hydrogen) atoms. The van der Waals surface area contributed by atoms with Crippen LogP contribution in [-0.4, -0.2) is 57.5 Å². The summed E-state index contributed by atoms with van der Waals surface area (Å²) in [6.07, 6.45) is -0.115. The molecule has 0 amide bonds. The van der Waals surface area contributed by atoms with Crippen molar-refractivity contribution in [2.75, 3.05) is 40.6 Å². The van der Waals surface area contributed by atoms with Crippen LogP contribution in [0.1, 0.15) is 13.3 Å². The van der Waals surface area contributed by atoms with Gasteiger partial charge in [0.25, 0.3) is 0 Å². The van der Waals surface area contributed by atoms with Crippen LogP contribution < -0.4 is 0 Å². The van der Waals surface area contributed by atoms with Crippen LogP contribution in [0.2, 0.25) is 0 Å². The molecule has 0 rings (SSSR count). The fraction of sp³-hybridized carbons (Fsp3) is 0.800. The predicted octanol–water partition coefficient (Wildman–Crippen LogP) is -0.220. The first-order valence-electron chi connectivity index (χ1n) is 4.82. The van der Waals surface area contributed by atoms with Crippen LogP contribution in [0.4, 0.5) is 0 Å². The molecule has 0 heterocycles. The van der Waals surface area contributed by atoms with Gasteiger partial charge in [0.05, 0.1) is 33.5 Å². The average Bonchev–Trinajstić information content (AvgIpc) is 2.24. The molecule has 0 aliphatic rings. The second kappa shape index (κ2) is 14.0. The van der Waals surface area contributed by atoms with E-state index < -0.39 is 5.97 Å². The summed E-state index contributed by atoms with van der Waals surface area (Å²) in [5.41, 5.74) is 0. The van der Waals surface area contributed by atoms with Gasteiger partial charge >= 0.3 is 5.97 Å². The molecule has 0 bridgehead atoms. The molecule has 0 aromatic carbocycles. The van der Waals surface area contributed by atoms with Crippen molar-refractivity contribution in [3.8, 4) is 0 Å². The first-order valence-corrected chi connectivity index (χ1v) is 4.82. The highest BCUT2D eigenvalue weighted by Crippen LogP contribution is 1.83. The summed E-state index contributed by atoms with van der Waals surface area (Å²) in [6, 6.07) is 0. The van der Waals surface area contributed by atoms with Gasteiger partial charge in [0.15, 0.2) is 0 Å². The summed E-state index contributed by atoms with van der Waals surface area (Å²) < 4.78 is 13.7. The lowest BCUT2D eigenvalue weighted by molar-refractivity contribution is -0.142. The number of ketones is 1. The number of hydrogen-bond donors (Lipinski definition) is 1. The quantitative estimate of drug-likeness (QED) is 0.374. The number of esters is 1. The van der Waals surface area contributed by atoms with E-state index in [2.05, 4.69) is 9.47 Å². The molecule has 0 saturated heterocycles. The lowest BCUT2D eigenvalue weighted by atomic mass is 10.3. The highest BCUT2D eigenvalue weighted by atomic mass is 16.5. The Bertz CT molecular complexity index is 174. The average molecular weight is 236 g/mol. The molecule has 1 N–H and O–H groups in total. The normalized spacial score (nSPS) is 9.00. The van der Waals surface area contributed by atoms with Crippen molar-refractivity contribution in [1.82, 2.24) is 0 Å². The van der Waals surface area contributed by atoms with E-state index in [-0.39, 0.29) is 18.8 Å². The molecule has 0 aliphatic carbocycles. The number of Topliss-reactive ketones (excluding diaryl/α,β-unsaturated/α-hetero) is 1. The maximum atomic E-state index is 10.2. The molecule has 0 fully saturated rings. The minimum atomic E-state index is -0.475. The molecule has 0 aromatic heterocycles. The standard InChI is InChI=1S/C5H8O3.C5H12O3/c1-4(6)3-5(7)8-2;1-7-4-5-8-3-2-6/h3H2,1-2H3;6H,2-5H2,1H3. The van der Waals surface area contributed by atoms with Gasteiger partial charge in [-0.05, 0) is 6.92 Å². The van der Waals surface area contributed by atoms with Gasteiger partial charge in [0.2, 0.25) is 0 Å². The first kappa shape index (κ1) is 17.4. The predicted molar refractivity (Wildman–Crippen MR) is 57.1 cm³/mol. The van der Waals surface area contributed by atoms with Crippen molar-refractivity contribution in [1.29, 1.82) is 0 Å². The Kier molecular flexibility index (Phi) is 15.3. The summed E-state index contributed by atoms with van der Waals surface area (Å²) in [5.74, 6) is -0.644. The Balaban J connectivity index is 0. The third-order valence-electron chi connectivity index (χ3n) is 1.29. The fourth-order valence-electron chi connectivity index (χ4n) is 0.584. The van der Waals surface area contributed by atoms with Crippen molar-refractivity contribution >= 4 is 11.8 Å². The van der Waals surface area contributed by atoms with Gasteiger partial charge < -0.3 is 19.3 Å². The summed E-state index contributed by atoms with van der Waals surface area (Å²) in [7, 11) is 2.87. The molecule has 0 atom stereocenters. The maximum Gasteiger partial charge on any atom is 0.313 e. The van der Waals surface area contributed by atoms with Crippen LogP contribution in [0.25, 0.3) is 0 Å². The molecule has 0 radical (unpaired) electrons. The molecular weight excluding hydrogens is 216 g/mol. The second-order valence-electron chi connectivity index (χ2n) is 2.78. The van der Waals surface area contributed by atoms with Gasteiger partial charge in [-0.15, -0.1) is 0 Å². The van der Waals surface area contributed by atoms with Gasteiger partial charge in [-0.1, -0.05) is 0 Å². The summed E-state index contributed by atoms with van der Waals surface area (Å²) >= 11 is 0. The summed E-state index contributed by atoms with van der Waals surface area (Å²) in [6.45, 7) is 3.00. The molecule has 0 unspecified atom stereocenters. The number of aliphatic hydroxyl groups excluding tert-OH is 1. The number of carbonyl (C=O) groups is 2. The molecule has 96 valence electrons. The van der Waals surface area contributed by atoms with Gasteiger partial charge in [-0.3, -0.25) is 9.59 Å². The zero-order valence-corrected chi connectivity index (χ0v) is 10.0. The lowest BCUT2D eigenvalue weighted by Crippen LogP contribution is -2.05. The van der Waals surface area contributed by atoms with Crippen LogP contribution in [0, 0.1) is 0 Å². The van der Waals surface area contributed by atoms with Gasteiger partial charge in [-0.2, -0.15) is 0 Å². The molecule has 0 saturated carbocycles. The number of ether oxygens (including phenoxy) is 3. The van der Waals surface area contributed by atoms with Gasteiger partial charge in [0.1, 0.15) is 12.2 Å². The van der Waals surface area contributed by atoms with Crippen molar-refractivity contribution in [2.24, 2.45) is 0 Å². The number of methoxy groups -OCH3 is 2.